The fraction of sp³-hybridized carbons (Fsp3) is 0.467. The number of carbonyl (C=O) groups is 2. The Morgan fingerprint density at radius 1 is 1.20 bits per heavy atom. The number of hydrogen-bond acceptors (Lipinski definition) is 5. The minimum Gasteiger partial charge on any atom is -0.392 e. The van der Waals surface area contributed by atoms with Gasteiger partial charge in [0, 0.05) is 6.42 Å². The SMILES string of the molecule is CC(C)C1C(=O)OC(=O)C1(O)Cc1ccc(CO)cc1. The van der Waals surface area contributed by atoms with E-state index in [0.717, 1.165) is 5.56 Å². The summed E-state index contributed by atoms with van der Waals surface area (Å²) in [4.78, 5) is 23.5. The van der Waals surface area contributed by atoms with E-state index in [1.807, 2.05) is 0 Å². The minimum absolute atomic E-state index is 0.0200. The highest BCUT2D eigenvalue weighted by Gasteiger charge is 2.57. The quantitative estimate of drug-likeness (QED) is 0.629. The van der Waals surface area contributed by atoms with Crippen molar-refractivity contribution < 1.29 is 24.5 Å². The number of aliphatic hydroxyl groups is 2. The van der Waals surface area contributed by atoms with Gasteiger partial charge < -0.3 is 14.9 Å². The second-order valence-electron chi connectivity index (χ2n) is 5.51. The van der Waals surface area contributed by atoms with Gasteiger partial charge in [-0.15, -0.1) is 0 Å². The van der Waals surface area contributed by atoms with Crippen LogP contribution in [0.2, 0.25) is 0 Å². The van der Waals surface area contributed by atoms with Crippen molar-refractivity contribution in [3.63, 3.8) is 0 Å². The molecule has 1 aromatic rings. The van der Waals surface area contributed by atoms with E-state index in [4.69, 9.17) is 5.11 Å². The summed E-state index contributed by atoms with van der Waals surface area (Å²) in [5, 5.41) is 19.6. The van der Waals surface area contributed by atoms with Crippen LogP contribution in [-0.4, -0.2) is 27.8 Å². The molecule has 1 saturated heterocycles. The predicted octanol–water partition coefficient (Wildman–Crippen LogP) is 0.808. The van der Waals surface area contributed by atoms with Gasteiger partial charge >= 0.3 is 11.9 Å². The van der Waals surface area contributed by atoms with Gasteiger partial charge in [0.15, 0.2) is 5.60 Å². The summed E-state index contributed by atoms with van der Waals surface area (Å²) in [7, 11) is 0. The van der Waals surface area contributed by atoms with Gasteiger partial charge in [0.2, 0.25) is 0 Å². The Morgan fingerprint density at radius 2 is 1.75 bits per heavy atom. The molecule has 0 aromatic heterocycles. The number of rotatable bonds is 4. The molecule has 1 aromatic carbocycles. The molecule has 2 atom stereocenters. The number of cyclic esters (lactones) is 2. The highest BCUT2D eigenvalue weighted by molar-refractivity contribution is 6.01. The lowest BCUT2D eigenvalue weighted by atomic mass is 9.78. The van der Waals surface area contributed by atoms with Crippen molar-refractivity contribution in [2.75, 3.05) is 0 Å². The zero-order valence-electron chi connectivity index (χ0n) is 11.5. The minimum atomic E-state index is -1.81. The van der Waals surface area contributed by atoms with Crippen LogP contribution in [0.5, 0.6) is 0 Å². The molecule has 1 heterocycles. The van der Waals surface area contributed by atoms with Gasteiger partial charge in [0.05, 0.1) is 12.5 Å². The molecule has 2 unspecified atom stereocenters. The first-order valence-electron chi connectivity index (χ1n) is 6.55. The summed E-state index contributed by atoms with van der Waals surface area (Å²) in [6.07, 6.45) is 0.0200. The van der Waals surface area contributed by atoms with Crippen LogP contribution in [0.4, 0.5) is 0 Å². The summed E-state index contributed by atoms with van der Waals surface area (Å²) >= 11 is 0. The monoisotopic (exact) mass is 278 g/mol. The Bertz CT molecular complexity index is 520. The van der Waals surface area contributed by atoms with Gasteiger partial charge in [0.1, 0.15) is 0 Å². The number of hydrogen-bond donors (Lipinski definition) is 2. The van der Waals surface area contributed by atoms with Gasteiger partial charge in [-0.05, 0) is 17.0 Å². The molecule has 5 heteroatoms. The van der Waals surface area contributed by atoms with Crippen molar-refractivity contribution in [1.29, 1.82) is 0 Å². The second-order valence-corrected chi connectivity index (χ2v) is 5.51. The van der Waals surface area contributed by atoms with Crippen LogP contribution in [0, 0.1) is 11.8 Å². The molecular formula is C15H18O5. The van der Waals surface area contributed by atoms with Crippen LogP contribution in [0.1, 0.15) is 25.0 Å². The van der Waals surface area contributed by atoms with E-state index in [1.54, 1.807) is 38.1 Å². The highest BCUT2D eigenvalue weighted by atomic mass is 16.6. The topological polar surface area (TPSA) is 83.8 Å². The zero-order valence-corrected chi connectivity index (χ0v) is 11.5. The van der Waals surface area contributed by atoms with Crippen molar-refractivity contribution in [2.45, 2.75) is 32.5 Å². The zero-order chi connectivity index (χ0) is 14.9. The maximum atomic E-state index is 11.8. The third kappa shape index (κ3) is 2.46. The average Bonchev–Trinajstić information content (AvgIpc) is 2.60. The second kappa shape index (κ2) is 5.34. The summed E-state index contributed by atoms with van der Waals surface area (Å²) in [5.74, 6) is -2.60. The molecule has 0 spiro atoms. The Kier molecular flexibility index (Phi) is 3.92. The van der Waals surface area contributed by atoms with Gasteiger partial charge in [-0.3, -0.25) is 4.79 Å². The molecule has 0 amide bonds. The third-order valence-electron chi connectivity index (χ3n) is 3.66. The maximum absolute atomic E-state index is 11.8. The molecule has 1 aliphatic heterocycles. The van der Waals surface area contributed by atoms with E-state index in [2.05, 4.69) is 4.74 Å². The van der Waals surface area contributed by atoms with E-state index in [0.29, 0.717) is 5.56 Å². The van der Waals surface area contributed by atoms with Crippen LogP contribution >= 0.6 is 0 Å². The fourth-order valence-corrected chi connectivity index (χ4v) is 2.64. The van der Waals surface area contributed by atoms with Gasteiger partial charge in [0.25, 0.3) is 0 Å². The lowest BCUT2D eigenvalue weighted by molar-refractivity contribution is -0.158. The van der Waals surface area contributed by atoms with Crippen LogP contribution in [0.25, 0.3) is 0 Å². The summed E-state index contributed by atoms with van der Waals surface area (Å²) in [6, 6.07) is 6.87. The van der Waals surface area contributed by atoms with E-state index >= 15 is 0 Å². The number of benzene rings is 1. The number of carbonyl (C=O) groups excluding carboxylic acids is 2. The highest BCUT2D eigenvalue weighted by Crippen LogP contribution is 2.36. The molecule has 1 aliphatic rings. The standard InChI is InChI=1S/C15H18O5/c1-9(2)12-13(17)20-14(18)15(12,19)7-10-3-5-11(8-16)6-4-10/h3-6,9,12,16,19H,7-8H2,1-2H3. The fourth-order valence-electron chi connectivity index (χ4n) is 2.64. The molecule has 5 nitrogen and oxygen atoms in total. The molecule has 1 fully saturated rings. The molecule has 2 N–H and O–H groups in total. The normalized spacial score (nSPS) is 26.1. The lowest BCUT2D eigenvalue weighted by Crippen LogP contribution is -2.45. The molecule has 20 heavy (non-hydrogen) atoms. The first-order valence-corrected chi connectivity index (χ1v) is 6.55. The van der Waals surface area contributed by atoms with E-state index in [-0.39, 0.29) is 18.9 Å². The van der Waals surface area contributed by atoms with Crippen molar-refractivity contribution in [3.05, 3.63) is 35.4 Å². The van der Waals surface area contributed by atoms with Crippen LogP contribution in [0.15, 0.2) is 24.3 Å². The van der Waals surface area contributed by atoms with E-state index < -0.39 is 23.5 Å². The average molecular weight is 278 g/mol. The molecule has 0 bridgehead atoms. The van der Waals surface area contributed by atoms with Crippen LogP contribution < -0.4 is 0 Å². The first kappa shape index (κ1) is 14.7. The largest absolute Gasteiger partial charge is 0.392 e. The smallest absolute Gasteiger partial charge is 0.347 e. The van der Waals surface area contributed by atoms with Crippen molar-refractivity contribution in [1.82, 2.24) is 0 Å². The number of esters is 2. The van der Waals surface area contributed by atoms with Crippen LogP contribution in [-0.2, 0) is 27.4 Å². The third-order valence-corrected chi connectivity index (χ3v) is 3.66. The Labute approximate surface area is 117 Å². The molecule has 0 radical (unpaired) electrons. The Morgan fingerprint density at radius 3 is 2.25 bits per heavy atom. The van der Waals surface area contributed by atoms with Gasteiger partial charge in [-0.1, -0.05) is 38.1 Å². The number of ether oxygens (including phenoxy) is 1. The van der Waals surface area contributed by atoms with Crippen LogP contribution in [0.3, 0.4) is 0 Å². The number of aliphatic hydroxyl groups excluding tert-OH is 1. The predicted molar refractivity (Wildman–Crippen MR) is 70.4 cm³/mol. The molecule has 2 rings (SSSR count). The van der Waals surface area contributed by atoms with Crippen molar-refractivity contribution in [3.8, 4) is 0 Å². The molecular weight excluding hydrogens is 260 g/mol. The molecule has 0 aliphatic carbocycles. The molecule has 108 valence electrons. The summed E-state index contributed by atoms with van der Waals surface area (Å²) in [6.45, 7) is 3.47. The summed E-state index contributed by atoms with van der Waals surface area (Å²) in [5.41, 5.74) is -0.361. The van der Waals surface area contributed by atoms with Crippen molar-refractivity contribution >= 4 is 11.9 Å². The van der Waals surface area contributed by atoms with Crippen molar-refractivity contribution in [2.24, 2.45) is 11.8 Å². The maximum Gasteiger partial charge on any atom is 0.347 e. The summed E-state index contributed by atoms with van der Waals surface area (Å²) < 4.78 is 4.60. The first-order chi connectivity index (χ1) is 9.38. The van der Waals surface area contributed by atoms with Gasteiger partial charge in [-0.2, -0.15) is 0 Å². The molecule has 0 saturated carbocycles. The Balaban J connectivity index is 2.28. The lowest BCUT2D eigenvalue weighted by Gasteiger charge is -2.26. The van der Waals surface area contributed by atoms with E-state index in [9.17, 15) is 14.7 Å². The van der Waals surface area contributed by atoms with Gasteiger partial charge in [-0.25, -0.2) is 4.79 Å². The van der Waals surface area contributed by atoms with E-state index in [1.165, 1.54) is 0 Å². The Hall–Kier alpha value is -1.72.